The first-order valence-corrected chi connectivity index (χ1v) is 9.39. The highest BCUT2D eigenvalue weighted by Gasteiger charge is 2.13. The van der Waals surface area contributed by atoms with Crippen molar-refractivity contribution in [2.75, 3.05) is 5.32 Å². The highest BCUT2D eigenvalue weighted by Crippen LogP contribution is 2.24. The van der Waals surface area contributed by atoms with E-state index in [0.29, 0.717) is 39.1 Å². The van der Waals surface area contributed by atoms with Crippen LogP contribution < -0.4 is 15.8 Å². The Morgan fingerprint density at radius 1 is 0.967 bits per heavy atom. The largest absolute Gasteiger partial charge is 0.457 e. The minimum atomic E-state index is -0.499. The van der Waals surface area contributed by atoms with Crippen molar-refractivity contribution in [2.24, 2.45) is 12.8 Å². The molecule has 30 heavy (non-hydrogen) atoms. The summed E-state index contributed by atoms with van der Waals surface area (Å²) in [5.74, 6) is 0.732. The smallest absolute Gasteiger partial charge is 0.257 e. The molecule has 3 N–H and O–H groups in total. The number of nitrogens with one attached hydrogen (secondary N) is 1. The van der Waals surface area contributed by atoms with Crippen molar-refractivity contribution in [3.05, 3.63) is 82.9 Å². The summed E-state index contributed by atoms with van der Waals surface area (Å²) in [5.41, 5.74) is 7.64. The zero-order valence-electron chi connectivity index (χ0n) is 15.9. The lowest BCUT2D eigenvalue weighted by Gasteiger charge is -2.08. The number of ether oxygens (including phenoxy) is 1. The molecule has 0 atom stereocenters. The molecule has 8 heteroatoms. The van der Waals surface area contributed by atoms with Crippen LogP contribution in [0.4, 0.5) is 5.95 Å². The normalized spacial score (nSPS) is 10.7. The number of nitrogens with zero attached hydrogens (tertiary/aromatic N) is 2. The number of amides is 2. The van der Waals surface area contributed by atoms with Crippen LogP contribution in [0.15, 0.2) is 66.7 Å². The van der Waals surface area contributed by atoms with Crippen molar-refractivity contribution in [2.45, 2.75) is 0 Å². The topological polar surface area (TPSA) is 99.2 Å². The first kappa shape index (κ1) is 19.5. The molecule has 0 saturated heterocycles. The van der Waals surface area contributed by atoms with E-state index in [1.807, 2.05) is 13.1 Å². The van der Waals surface area contributed by atoms with Crippen LogP contribution in [0.2, 0.25) is 5.02 Å². The molecule has 3 aromatic carbocycles. The molecule has 4 aromatic rings. The number of primary amides is 1. The van der Waals surface area contributed by atoms with Crippen molar-refractivity contribution in [1.82, 2.24) is 9.55 Å². The van der Waals surface area contributed by atoms with Gasteiger partial charge >= 0.3 is 0 Å². The first-order valence-electron chi connectivity index (χ1n) is 9.02. The number of hydrogen-bond donors (Lipinski definition) is 2. The van der Waals surface area contributed by atoms with Crippen molar-refractivity contribution in [3.8, 4) is 11.5 Å². The summed E-state index contributed by atoms with van der Waals surface area (Å²) in [6.07, 6.45) is 0. The molecule has 0 saturated carbocycles. The second-order valence-corrected chi connectivity index (χ2v) is 7.03. The van der Waals surface area contributed by atoms with E-state index >= 15 is 0 Å². The van der Waals surface area contributed by atoms with E-state index in [-0.39, 0.29) is 5.91 Å². The number of benzene rings is 3. The molecule has 150 valence electrons. The lowest BCUT2D eigenvalue weighted by Crippen LogP contribution is -2.14. The van der Waals surface area contributed by atoms with E-state index in [0.717, 1.165) is 5.52 Å². The molecule has 0 spiro atoms. The summed E-state index contributed by atoms with van der Waals surface area (Å²) in [4.78, 5) is 28.1. The Kier molecular flexibility index (Phi) is 5.12. The number of rotatable bonds is 5. The van der Waals surface area contributed by atoms with Crippen LogP contribution in [0.1, 0.15) is 20.7 Å². The molecule has 0 fully saturated rings. The van der Waals surface area contributed by atoms with Crippen LogP contribution in [-0.2, 0) is 7.05 Å². The van der Waals surface area contributed by atoms with Crippen molar-refractivity contribution >= 4 is 40.4 Å². The van der Waals surface area contributed by atoms with Gasteiger partial charge in [0, 0.05) is 23.2 Å². The summed E-state index contributed by atoms with van der Waals surface area (Å²) in [5, 5.41) is 3.39. The number of fused-ring (bicyclic) bond motifs is 1. The second kappa shape index (κ2) is 7.88. The van der Waals surface area contributed by atoms with Crippen LogP contribution in [0, 0.1) is 0 Å². The Balaban J connectivity index is 1.46. The maximum atomic E-state index is 12.6. The standard InChI is InChI=1S/C22H17ClN4O3/c1-27-19-11-6-15(23)12-18(19)25-22(27)26-21(29)14-4-9-17(10-5-14)30-16-7-2-13(3-8-16)20(24)28/h2-12H,1H3,(H2,24,28)(H,25,26,29). The van der Waals surface area contributed by atoms with Gasteiger partial charge in [0.05, 0.1) is 11.0 Å². The number of aryl methyl sites for hydroxylation is 1. The van der Waals surface area contributed by atoms with E-state index < -0.39 is 5.91 Å². The predicted molar refractivity (Wildman–Crippen MR) is 115 cm³/mol. The molecular weight excluding hydrogens is 404 g/mol. The van der Waals surface area contributed by atoms with Gasteiger partial charge in [-0.15, -0.1) is 0 Å². The van der Waals surface area contributed by atoms with E-state index in [9.17, 15) is 9.59 Å². The molecule has 1 heterocycles. The van der Waals surface area contributed by atoms with Gasteiger partial charge in [0.1, 0.15) is 11.5 Å². The maximum Gasteiger partial charge on any atom is 0.257 e. The Morgan fingerprint density at radius 2 is 1.57 bits per heavy atom. The Bertz CT molecular complexity index is 1250. The van der Waals surface area contributed by atoms with Crippen molar-refractivity contribution in [1.29, 1.82) is 0 Å². The number of carbonyl (C=O) groups excluding carboxylic acids is 2. The maximum absolute atomic E-state index is 12.6. The summed E-state index contributed by atoms with van der Waals surface area (Å²) < 4.78 is 7.51. The number of nitrogens with two attached hydrogens (primary N) is 1. The van der Waals surface area contributed by atoms with Crippen LogP contribution in [0.3, 0.4) is 0 Å². The molecule has 0 aliphatic carbocycles. The average Bonchev–Trinajstić information content (AvgIpc) is 3.03. The van der Waals surface area contributed by atoms with E-state index in [2.05, 4.69) is 10.3 Å². The zero-order chi connectivity index (χ0) is 21.3. The predicted octanol–water partition coefficient (Wildman–Crippen LogP) is 4.37. The van der Waals surface area contributed by atoms with Crippen LogP contribution in [0.25, 0.3) is 11.0 Å². The van der Waals surface area contributed by atoms with E-state index in [1.54, 1.807) is 65.2 Å². The number of imidazole rings is 1. The molecule has 0 radical (unpaired) electrons. The molecule has 0 aliphatic heterocycles. The molecule has 0 bridgehead atoms. The molecule has 1 aromatic heterocycles. The molecule has 7 nitrogen and oxygen atoms in total. The molecule has 0 aliphatic rings. The zero-order valence-corrected chi connectivity index (χ0v) is 16.7. The van der Waals surface area contributed by atoms with Gasteiger partial charge in [0.25, 0.3) is 5.91 Å². The van der Waals surface area contributed by atoms with Gasteiger partial charge in [-0.2, -0.15) is 0 Å². The Morgan fingerprint density at radius 3 is 2.17 bits per heavy atom. The quantitative estimate of drug-likeness (QED) is 0.500. The van der Waals surface area contributed by atoms with E-state index in [4.69, 9.17) is 22.1 Å². The number of anilines is 1. The molecule has 4 rings (SSSR count). The van der Waals surface area contributed by atoms with Gasteiger partial charge in [-0.05, 0) is 66.7 Å². The number of carbonyl (C=O) groups is 2. The second-order valence-electron chi connectivity index (χ2n) is 6.60. The van der Waals surface area contributed by atoms with Crippen LogP contribution >= 0.6 is 11.6 Å². The Labute approximate surface area is 177 Å². The molecule has 0 unspecified atom stereocenters. The van der Waals surface area contributed by atoms with Crippen LogP contribution in [-0.4, -0.2) is 21.4 Å². The minimum Gasteiger partial charge on any atom is -0.457 e. The number of hydrogen-bond acceptors (Lipinski definition) is 4. The summed E-state index contributed by atoms with van der Waals surface area (Å²) in [7, 11) is 1.82. The minimum absolute atomic E-state index is 0.295. The third kappa shape index (κ3) is 3.97. The average molecular weight is 421 g/mol. The van der Waals surface area contributed by atoms with Crippen molar-refractivity contribution in [3.63, 3.8) is 0 Å². The first-order chi connectivity index (χ1) is 14.4. The monoisotopic (exact) mass is 420 g/mol. The fourth-order valence-electron chi connectivity index (χ4n) is 2.96. The molecule has 2 amide bonds. The van der Waals surface area contributed by atoms with Gasteiger partial charge in [-0.3, -0.25) is 14.9 Å². The van der Waals surface area contributed by atoms with E-state index in [1.165, 1.54) is 0 Å². The summed E-state index contributed by atoms with van der Waals surface area (Å²) >= 11 is 6.01. The summed E-state index contributed by atoms with van der Waals surface area (Å²) in [6.45, 7) is 0. The third-order valence-electron chi connectivity index (χ3n) is 4.56. The Hall–Kier alpha value is -3.84. The van der Waals surface area contributed by atoms with Gasteiger partial charge in [-0.25, -0.2) is 4.98 Å². The van der Waals surface area contributed by atoms with Gasteiger partial charge in [0.15, 0.2) is 0 Å². The van der Waals surface area contributed by atoms with Crippen molar-refractivity contribution < 1.29 is 14.3 Å². The SMILES string of the molecule is Cn1c(NC(=O)c2ccc(Oc3ccc(C(N)=O)cc3)cc2)nc2cc(Cl)ccc21. The fraction of sp³-hybridized carbons (Fsp3) is 0.0455. The van der Waals surface area contributed by atoms with Gasteiger partial charge in [0.2, 0.25) is 11.9 Å². The van der Waals surface area contributed by atoms with Gasteiger partial charge < -0.3 is 15.0 Å². The molecular formula is C22H17ClN4O3. The summed E-state index contributed by atoms with van der Waals surface area (Å²) in [6, 6.07) is 18.5. The fourth-order valence-corrected chi connectivity index (χ4v) is 3.12. The highest BCUT2D eigenvalue weighted by atomic mass is 35.5. The van der Waals surface area contributed by atoms with Gasteiger partial charge in [-0.1, -0.05) is 11.6 Å². The number of aromatic nitrogens is 2. The lowest BCUT2D eigenvalue weighted by atomic mass is 10.2. The number of halogens is 1. The van der Waals surface area contributed by atoms with Crippen LogP contribution in [0.5, 0.6) is 11.5 Å². The lowest BCUT2D eigenvalue weighted by molar-refractivity contribution is 0.0997. The third-order valence-corrected chi connectivity index (χ3v) is 4.79. The highest BCUT2D eigenvalue weighted by molar-refractivity contribution is 6.31.